The molecule has 0 spiro atoms. The predicted octanol–water partition coefficient (Wildman–Crippen LogP) is 5.74. The van der Waals surface area contributed by atoms with Crippen LogP contribution in [0.1, 0.15) is 82.4 Å². The number of unbranched alkanes of at least 4 members (excludes halogenated alkanes) is 6. The normalized spacial score (nSPS) is 12.1. The van der Waals surface area contributed by atoms with Crippen molar-refractivity contribution >= 4 is 5.97 Å². The van der Waals surface area contributed by atoms with Crippen molar-refractivity contribution in [1.82, 2.24) is 0 Å². The first-order valence-electron chi connectivity index (χ1n) is 8.37. The number of aryl methyl sites for hydroxylation is 1. The van der Waals surface area contributed by atoms with Crippen molar-refractivity contribution < 1.29 is 9.53 Å². The summed E-state index contributed by atoms with van der Waals surface area (Å²) in [6.45, 7) is 5.80. The molecule has 1 unspecified atom stereocenters. The predicted molar refractivity (Wildman–Crippen MR) is 88.3 cm³/mol. The number of carbonyl (C=O) groups excluding carboxylic acids is 1. The van der Waals surface area contributed by atoms with Crippen molar-refractivity contribution in [3.05, 3.63) is 35.4 Å². The van der Waals surface area contributed by atoms with E-state index < -0.39 is 0 Å². The maximum absolute atomic E-state index is 11.3. The van der Waals surface area contributed by atoms with Gasteiger partial charge in [0.1, 0.15) is 6.10 Å². The first-order valence-corrected chi connectivity index (χ1v) is 8.37. The third-order valence-electron chi connectivity index (χ3n) is 3.83. The van der Waals surface area contributed by atoms with Crippen LogP contribution in [0.25, 0.3) is 0 Å². The lowest BCUT2D eigenvalue weighted by molar-refractivity contribution is -0.147. The molecule has 0 saturated carbocycles. The van der Waals surface area contributed by atoms with Crippen molar-refractivity contribution in [3.63, 3.8) is 0 Å². The third-order valence-corrected chi connectivity index (χ3v) is 3.83. The molecule has 0 aliphatic rings. The Morgan fingerprint density at radius 2 is 1.57 bits per heavy atom. The molecule has 1 atom stereocenters. The molecule has 118 valence electrons. The molecule has 0 aliphatic carbocycles. The highest BCUT2D eigenvalue weighted by Crippen LogP contribution is 2.25. The molecule has 1 aromatic rings. The lowest BCUT2D eigenvalue weighted by Crippen LogP contribution is -2.08. The summed E-state index contributed by atoms with van der Waals surface area (Å²) >= 11 is 0. The Kier molecular flexibility index (Phi) is 8.80. The minimum absolute atomic E-state index is 0.0845. The maximum Gasteiger partial charge on any atom is 0.303 e. The molecule has 0 aromatic heterocycles. The second-order valence-corrected chi connectivity index (χ2v) is 5.92. The minimum Gasteiger partial charge on any atom is -0.458 e. The van der Waals surface area contributed by atoms with Gasteiger partial charge >= 0.3 is 5.97 Å². The molecule has 2 heteroatoms. The molecule has 0 saturated heterocycles. The zero-order valence-corrected chi connectivity index (χ0v) is 13.9. The van der Waals surface area contributed by atoms with Gasteiger partial charge in [-0.25, -0.2) is 0 Å². The second-order valence-electron chi connectivity index (χ2n) is 5.92. The molecule has 0 N–H and O–H groups in total. The lowest BCUT2D eigenvalue weighted by atomic mass is 10.0. The molecule has 0 heterocycles. The van der Waals surface area contributed by atoms with Gasteiger partial charge in [0, 0.05) is 6.92 Å². The summed E-state index contributed by atoms with van der Waals surface area (Å²) in [7, 11) is 0. The van der Waals surface area contributed by atoms with Crippen molar-refractivity contribution in [2.24, 2.45) is 0 Å². The van der Waals surface area contributed by atoms with Crippen LogP contribution in [0.2, 0.25) is 0 Å². The van der Waals surface area contributed by atoms with E-state index in [9.17, 15) is 4.79 Å². The van der Waals surface area contributed by atoms with Gasteiger partial charge in [0.2, 0.25) is 0 Å². The van der Waals surface area contributed by atoms with Crippen LogP contribution in [0.4, 0.5) is 0 Å². The Bertz CT molecular complexity index is 395. The van der Waals surface area contributed by atoms with E-state index >= 15 is 0 Å². The van der Waals surface area contributed by atoms with Crippen LogP contribution in [-0.4, -0.2) is 5.97 Å². The molecular weight excluding hydrogens is 260 g/mol. The van der Waals surface area contributed by atoms with Gasteiger partial charge in [0.15, 0.2) is 0 Å². The van der Waals surface area contributed by atoms with Gasteiger partial charge < -0.3 is 4.74 Å². The molecule has 21 heavy (non-hydrogen) atoms. The van der Waals surface area contributed by atoms with Gasteiger partial charge in [-0.2, -0.15) is 0 Å². The second kappa shape index (κ2) is 10.4. The quantitative estimate of drug-likeness (QED) is 0.405. The van der Waals surface area contributed by atoms with Crippen molar-refractivity contribution in [3.8, 4) is 0 Å². The Morgan fingerprint density at radius 1 is 1.00 bits per heavy atom. The van der Waals surface area contributed by atoms with Crippen molar-refractivity contribution in [2.45, 2.75) is 78.2 Å². The molecule has 1 rings (SSSR count). The van der Waals surface area contributed by atoms with Gasteiger partial charge in [0.25, 0.3) is 0 Å². The van der Waals surface area contributed by atoms with E-state index in [1.54, 1.807) is 0 Å². The summed E-state index contributed by atoms with van der Waals surface area (Å²) in [6, 6.07) is 8.31. The molecule has 0 amide bonds. The summed E-state index contributed by atoms with van der Waals surface area (Å²) in [5.41, 5.74) is 2.35. The Balaban J connectivity index is 2.37. The smallest absolute Gasteiger partial charge is 0.303 e. The number of benzene rings is 1. The topological polar surface area (TPSA) is 26.3 Å². The van der Waals surface area contributed by atoms with Gasteiger partial charge in [-0.15, -0.1) is 0 Å². The molecule has 0 radical (unpaired) electrons. The van der Waals surface area contributed by atoms with Crippen LogP contribution in [0, 0.1) is 6.92 Å². The van der Waals surface area contributed by atoms with Gasteiger partial charge in [-0.3, -0.25) is 4.79 Å². The highest BCUT2D eigenvalue weighted by molar-refractivity contribution is 5.66. The number of esters is 1. The summed E-state index contributed by atoms with van der Waals surface area (Å²) in [5, 5.41) is 0. The van der Waals surface area contributed by atoms with Crippen LogP contribution in [0.15, 0.2) is 24.3 Å². The SMILES string of the molecule is CCCCCCCCCC(OC(C)=O)c1ccc(C)cc1. The molecule has 1 aromatic carbocycles. The molecule has 0 fully saturated rings. The van der Waals surface area contributed by atoms with E-state index in [4.69, 9.17) is 4.74 Å². The average molecular weight is 290 g/mol. The fourth-order valence-corrected chi connectivity index (χ4v) is 2.56. The van der Waals surface area contributed by atoms with Crippen LogP contribution < -0.4 is 0 Å². The van der Waals surface area contributed by atoms with E-state index in [-0.39, 0.29) is 12.1 Å². The zero-order chi connectivity index (χ0) is 15.5. The van der Waals surface area contributed by atoms with Crippen LogP contribution in [0.5, 0.6) is 0 Å². The standard InChI is InChI=1S/C19H30O2/c1-4-5-6-7-8-9-10-11-19(21-17(3)20)18-14-12-16(2)13-15-18/h12-15,19H,4-11H2,1-3H3. The van der Waals surface area contributed by atoms with E-state index in [0.717, 1.165) is 18.4 Å². The highest BCUT2D eigenvalue weighted by atomic mass is 16.5. The molecule has 0 bridgehead atoms. The van der Waals surface area contributed by atoms with Crippen LogP contribution in [0.3, 0.4) is 0 Å². The van der Waals surface area contributed by atoms with Gasteiger partial charge in [-0.1, -0.05) is 75.3 Å². The highest BCUT2D eigenvalue weighted by Gasteiger charge is 2.14. The average Bonchev–Trinajstić information content (AvgIpc) is 2.45. The number of hydrogen-bond donors (Lipinski definition) is 0. The lowest BCUT2D eigenvalue weighted by Gasteiger charge is -2.17. The monoisotopic (exact) mass is 290 g/mol. The van der Waals surface area contributed by atoms with E-state index in [1.165, 1.54) is 51.0 Å². The summed E-state index contributed by atoms with van der Waals surface area (Å²) in [5.74, 6) is -0.191. The molecule has 0 aliphatic heterocycles. The zero-order valence-electron chi connectivity index (χ0n) is 13.9. The fourth-order valence-electron chi connectivity index (χ4n) is 2.56. The minimum atomic E-state index is -0.191. The summed E-state index contributed by atoms with van der Waals surface area (Å²) in [4.78, 5) is 11.3. The van der Waals surface area contributed by atoms with E-state index in [0.29, 0.717) is 0 Å². The van der Waals surface area contributed by atoms with E-state index in [2.05, 4.69) is 38.1 Å². The van der Waals surface area contributed by atoms with Crippen molar-refractivity contribution in [2.75, 3.05) is 0 Å². The number of carbonyl (C=O) groups is 1. The first kappa shape index (κ1) is 17.7. The Hall–Kier alpha value is -1.31. The van der Waals surface area contributed by atoms with Crippen LogP contribution >= 0.6 is 0 Å². The Labute approximate surface area is 129 Å². The van der Waals surface area contributed by atoms with Gasteiger partial charge in [0.05, 0.1) is 0 Å². The summed E-state index contributed by atoms with van der Waals surface area (Å²) in [6.07, 6.45) is 9.81. The number of hydrogen-bond acceptors (Lipinski definition) is 2. The number of ether oxygens (including phenoxy) is 1. The fraction of sp³-hybridized carbons (Fsp3) is 0.632. The van der Waals surface area contributed by atoms with Gasteiger partial charge in [-0.05, 0) is 25.3 Å². The largest absolute Gasteiger partial charge is 0.458 e. The Morgan fingerprint density at radius 3 is 2.14 bits per heavy atom. The maximum atomic E-state index is 11.3. The van der Waals surface area contributed by atoms with E-state index in [1.807, 2.05) is 0 Å². The van der Waals surface area contributed by atoms with Crippen LogP contribution in [-0.2, 0) is 9.53 Å². The van der Waals surface area contributed by atoms with Crippen molar-refractivity contribution in [1.29, 1.82) is 0 Å². The first-order chi connectivity index (χ1) is 10.1. The molecular formula is C19H30O2. The third kappa shape index (κ3) is 7.89. The summed E-state index contributed by atoms with van der Waals surface area (Å²) < 4.78 is 5.48. The molecule has 2 nitrogen and oxygen atoms in total. The number of rotatable bonds is 10.